The molecule has 0 radical (unpaired) electrons. The highest BCUT2D eigenvalue weighted by atomic mass is 32.1. The Hall–Kier alpha value is -3.66. The minimum absolute atomic E-state index is 0.0370. The van der Waals surface area contributed by atoms with Crippen molar-refractivity contribution in [1.82, 2.24) is 10.3 Å². The van der Waals surface area contributed by atoms with Gasteiger partial charge in [-0.2, -0.15) is 0 Å². The number of carbonyl (C=O) groups is 3. The molecule has 0 spiro atoms. The lowest BCUT2D eigenvalue weighted by molar-refractivity contribution is -0.153. The SMILES string of the molecule is CC(C)C1(C(=O)N[C@@H](CC(=O)OCc2cccs2)C(=O)CF)CC(c2nccc3ccccc23)=NO1. The molecule has 0 bridgehead atoms. The monoisotopic (exact) mass is 511 g/mol. The Morgan fingerprint density at radius 1 is 1.19 bits per heavy atom. The van der Waals surface area contributed by atoms with E-state index in [0.29, 0.717) is 11.4 Å². The molecule has 1 aliphatic rings. The molecule has 8 nitrogen and oxygen atoms in total. The minimum Gasteiger partial charge on any atom is -0.460 e. The lowest BCUT2D eigenvalue weighted by Gasteiger charge is -2.30. The quantitative estimate of drug-likeness (QED) is 0.413. The van der Waals surface area contributed by atoms with Crippen molar-refractivity contribution in [3.8, 4) is 0 Å². The number of fused-ring (bicyclic) bond motifs is 1. The van der Waals surface area contributed by atoms with Crippen LogP contribution in [0.1, 0.15) is 37.3 Å². The van der Waals surface area contributed by atoms with Crippen molar-refractivity contribution < 1.29 is 28.3 Å². The van der Waals surface area contributed by atoms with E-state index in [9.17, 15) is 18.8 Å². The van der Waals surface area contributed by atoms with Crippen molar-refractivity contribution in [2.24, 2.45) is 11.1 Å². The number of Topliss-reactive ketones (excluding diaryl/α,β-unsaturated/α-hetero) is 1. The predicted octanol–water partition coefficient (Wildman–Crippen LogP) is 3.97. The minimum atomic E-state index is -1.45. The number of nitrogens with zero attached hydrogens (tertiary/aromatic N) is 2. The Morgan fingerprint density at radius 2 is 2.00 bits per heavy atom. The lowest BCUT2D eigenvalue weighted by atomic mass is 9.83. The van der Waals surface area contributed by atoms with Gasteiger partial charge in [0.15, 0.2) is 5.78 Å². The number of oxime groups is 1. The third-order valence-electron chi connectivity index (χ3n) is 6.16. The number of carbonyl (C=O) groups excluding carboxylic acids is 3. The molecule has 0 aliphatic carbocycles. The first-order chi connectivity index (χ1) is 17.3. The van der Waals surface area contributed by atoms with E-state index in [1.54, 1.807) is 26.1 Å². The van der Waals surface area contributed by atoms with Crippen LogP contribution < -0.4 is 5.32 Å². The third-order valence-corrected chi connectivity index (χ3v) is 7.01. The summed E-state index contributed by atoms with van der Waals surface area (Å²) in [6.07, 6.45) is 1.26. The number of esters is 1. The number of alkyl halides is 1. The second-order valence-electron chi connectivity index (χ2n) is 8.80. The topological polar surface area (TPSA) is 107 Å². The first-order valence-corrected chi connectivity index (χ1v) is 12.4. The number of thiophene rings is 1. The fourth-order valence-electron chi connectivity index (χ4n) is 4.01. The number of pyridine rings is 1. The summed E-state index contributed by atoms with van der Waals surface area (Å²) in [6, 6.07) is 11.8. The van der Waals surface area contributed by atoms with E-state index in [4.69, 9.17) is 9.57 Å². The van der Waals surface area contributed by atoms with E-state index in [-0.39, 0.29) is 18.9 Å². The van der Waals surface area contributed by atoms with Crippen molar-refractivity contribution in [2.45, 2.75) is 44.9 Å². The van der Waals surface area contributed by atoms with E-state index < -0.39 is 42.4 Å². The highest BCUT2D eigenvalue weighted by molar-refractivity contribution is 7.09. The Kier molecular flexibility index (Phi) is 7.73. The molecule has 10 heteroatoms. The van der Waals surface area contributed by atoms with Gasteiger partial charge >= 0.3 is 5.97 Å². The van der Waals surface area contributed by atoms with Crippen LogP contribution in [0.4, 0.5) is 4.39 Å². The summed E-state index contributed by atoms with van der Waals surface area (Å²) in [6.45, 7) is 2.28. The number of hydrogen-bond donors (Lipinski definition) is 1. The second kappa shape index (κ2) is 10.9. The van der Waals surface area contributed by atoms with E-state index in [0.717, 1.165) is 15.6 Å². The van der Waals surface area contributed by atoms with Crippen molar-refractivity contribution in [2.75, 3.05) is 6.67 Å². The zero-order valence-electron chi connectivity index (χ0n) is 19.9. The first-order valence-electron chi connectivity index (χ1n) is 11.5. The number of hydrogen-bond acceptors (Lipinski definition) is 8. The highest BCUT2D eigenvalue weighted by Gasteiger charge is 2.51. The van der Waals surface area contributed by atoms with Crippen molar-refractivity contribution >= 4 is 45.5 Å². The molecular formula is C26H26FN3O5S. The number of rotatable bonds is 10. The molecule has 1 unspecified atom stereocenters. The molecule has 1 aliphatic heterocycles. The van der Waals surface area contributed by atoms with Crippen LogP contribution in [0.2, 0.25) is 0 Å². The summed E-state index contributed by atoms with van der Waals surface area (Å²) in [5, 5.41) is 10.4. The summed E-state index contributed by atoms with van der Waals surface area (Å²) < 4.78 is 18.5. The highest BCUT2D eigenvalue weighted by Crippen LogP contribution is 2.35. The lowest BCUT2D eigenvalue weighted by Crippen LogP contribution is -2.55. The Balaban J connectivity index is 1.49. The van der Waals surface area contributed by atoms with Crippen LogP contribution in [-0.2, 0) is 30.6 Å². The van der Waals surface area contributed by atoms with Gasteiger partial charge in [-0.15, -0.1) is 11.3 Å². The summed E-state index contributed by atoms with van der Waals surface area (Å²) in [5.41, 5.74) is -0.375. The van der Waals surface area contributed by atoms with E-state index in [1.807, 2.05) is 41.8 Å². The van der Waals surface area contributed by atoms with E-state index in [2.05, 4.69) is 15.5 Å². The van der Waals surface area contributed by atoms with Gasteiger partial charge in [0.05, 0.1) is 12.1 Å². The number of aromatic nitrogens is 1. The summed E-state index contributed by atoms with van der Waals surface area (Å²) in [4.78, 5) is 49.0. The number of ether oxygens (including phenoxy) is 1. The number of halogens is 1. The molecule has 3 aromatic rings. The summed E-state index contributed by atoms with van der Waals surface area (Å²) in [5.74, 6) is -2.67. The van der Waals surface area contributed by atoms with Gasteiger partial charge in [-0.05, 0) is 22.9 Å². The first kappa shape index (κ1) is 25.4. The molecule has 1 amide bonds. The van der Waals surface area contributed by atoms with Crippen molar-refractivity contribution in [1.29, 1.82) is 0 Å². The van der Waals surface area contributed by atoms with Crippen LogP contribution in [0.15, 0.2) is 59.2 Å². The van der Waals surface area contributed by atoms with Gasteiger partial charge < -0.3 is 14.9 Å². The molecule has 3 heterocycles. The van der Waals surface area contributed by atoms with Crippen molar-refractivity contribution in [3.05, 3.63) is 64.6 Å². The molecule has 2 atom stereocenters. The number of nitrogens with one attached hydrogen (secondary N) is 1. The van der Waals surface area contributed by atoms with Gasteiger partial charge in [0.25, 0.3) is 5.91 Å². The average Bonchev–Trinajstić information content (AvgIpc) is 3.57. The van der Waals surface area contributed by atoms with Gasteiger partial charge in [0.2, 0.25) is 5.60 Å². The molecule has 1 N–H and O–H groups in total. The maximum atomic E-state index is 13.5. The molecule has 0 saturated heterocycles. The molecule has 188 valence electrons. The van der Waals surface area contributed by atoms with Gasteiger partial charge in [-0.25, -0.2) is 4.39 Å². The average molecular weight is 512 g/mol. The number of amides is 1. The normalized spacial score (nSPS) is 17.9. The molecule has 0 fully saturated rings. The standard InChI is InChI=1S/C26H26FN3O5S/c1-16(2)26(13-21(30-35-26)24-19-8-4-3-6-17(19)9-10-28-24)25(33)29-20(22(31)14-27)12-23(32)34-15-18-7-5-11-36-18/h3-11,16,20H,12-15H2,1-2H3,(H,29,33)/t20-,26?/m0/s1. The van der Waals surface area contributed by atoms with Crippen LogP contribution in [-0.4, -0.2) is 46.7 Å². The van der Waals surface area contributed by atoms with Gasteiger partial charge in [0.1, 0.15) is 25.0 Å². The third kappa shape index (κ3) is 5.28. The summed E-state index contributed by atoms with van der Waals surface area (Å²) >= 11 is 1.42. The van der Waals surface area contributed by atoms with Crippen LogP contribution in [0.3, 0.4) is 0 Å². The fourth-order valence-corrected chi connectivity index (χ4v) is 4.63. The van der Waals surface area contributed by atoms with Crippen molar-refractivity contribution in [3.63, 3.8) is 0 Å². The van der Waals surface area contributed by atoms with Gasteiger partial charge in [-0.3, -0.25) is 19.4 Å². The molecular weight excluding hydrogens is 485 g/mol. The van der Waals surface area contributed by atoms with E-state index in [1.165, 1.54) is 11.3 Å². The largest absolute Gasteiger partial charge is 0.460 e. The zero-order chi connectivity index (χ0) is 25.7. The van der Waals surface area contributed by atoms with Crippen LogP contribution in [0.5, 0.6) is 0 Å². The zero-order valence-corrected chi connectivity index (χ0v) is 20.7. The molecule has 36 heavy (non-hydrogen) atoms. The van der Waals surface area contributed by atoms with Crippen LogP contribution >= 0.6 is 11.3 Å². The molecule has 4 rings (SSSR count). The smallest absolute Gasteiger partial charge is 0.308 e. The predicted molar refractivity (Wildman–Crippen MR) is 133 cm³/mol. The fraction of sp³-hybridized carbons (Fsp3) is 0.346. The molecule has 2 aromatic heterocycles. The summed E-state index contributed by atoms with van der Waals surface area (Å²) in [7, 11) is 0. The van der Waals surface area contributed by atoms with Gasteiger partial charge in [0, 0.05) is 28.8 Å². The Labute approximate surface area is 211 Å². The van der Waals surface area contributed by atoms with E-state index >= 15 is 0 Å². The second-order valence-corrected chi connectivity index (χ2v) is 9.83. The molecule has 0 saturated carbocycles. The Bertz CT molecular complexity index is 1290. The number of benzene rings is 1. The number of ketones is 1. The maximum absolute atomic E-state index is 13.5. The Morgan fingerprint density at radius 3 is 2.72 bits per heavy atom. The van der Waals surface area contributed by atoms with Gasteiger partial charge in [-0.1, -0.05) is 49.3 Å². The van der Waals surface area contributed by atoms with Crippen LogP contribution in [0, 0.1) is 5.92 Å². The molecule has 1 aromatic carbocycles. The maximum Gasteiger partial charge on any atom is 0.308 e. The van der Waals surface area contributed by atoms with Crippen LogP contribution in [0.25, 0.3) is 10.8 Å².